The van der Waals surface area contributed by atoms with Crippen molar-refractivity contribution in [3.05, 3.63) is 115 Å². The lowest BCUT2D eigenvalue weighted by Gasteiger charge is -2.26. The highest BCUT2D eigenvalue weighted by Crippen LogP contribution is 2.41. The van der Waals surface area contributed by atoms with E-state index in [1.54, 1.807) is 48.5 Å². The van der Waals surface area contributed by atoms with Gasteiger partial charge in [0.15, 0.2) is 39.3 Å². The van der Waals surface area contributed by atoms with Crippen molar-refractivity contribution in [1.82, 2.24) is 0 Å². The molecule has 0 atom stereocenters. The number of hydrogen-bond acceptors (Lipinski definition) is 12. The third kappa shape index (κ3) is 13.2. The van der Waals surface area contributed by atoms with E-state index in [0.717, 1.165) is 0 Å². The Morgan fingerprint density at radius 2 is 0.397 bits per heavy atom. The van der Waals surface area contributed by atoms with Gasteiger partial charge >= 0.3 is 0 Å². The zero-order valence-corrected chi connectivity index (χ0v) is 46.1. The normalized spacial score (nSPS) is 17.9. The van der Waals surface area contributed by atoms with Crippen LogP contribution in [0.1, 0.15) is 150 Å². The average Bonchev–Trinajstić information content (AvgIpc) is 3.14. The second-order valence-corrected chi connectivity index (χ2v) is 30.7. The Morgan fingerprint density at radius 1 is 0.279 bits per heavy atom. The summed E-state index contributed by atoms with van der Waals surface area (Å²) >= 11 is 0. The molecule has 0 aromatic heterocycles. The van der Waals surface area contributed by atoms with Crippen LogP contribution in [-0.4, -0.2) is 62.1 Å². The van der Waals surface area contributed by atoms with Crippen LogP contribution in [-0.2, 0) is 107 Å². The molecule has 4 aromatic rings. The first-order chi connectivity index (χ1) is 30.9. The molecule has 68 heavy (non-hydrogen) atoms. The molecule has 0 fully saturated rings. The Balaban J connectivity index is 1.87. The first-order valence-electron chi connectivity index (χ1n) is 22.5. The molecule has 0 saturated carbocycles. The summed E-state index contributed by atoms with van der Waals surface area (Å²) in [5.41, 5.74) is 2.68. The SMILES string of the molecule is COc1c2cc(C(C)(C)C)cc1CS(=O)(=O)Cc1cc(C(C)(C)C)cc(c1OC)CS(=O)(=O)Cc1cc(C(C)(C)C)cc(c1OC)CS(=O)(=O)Cc1cc(C(C)(C)C)cc(c1OC)CS(=O)(=O)C2. The van der Waals surface area contributed by atoms with Crippen molar-refractivity contribution in [3.63, 3.8) is 0 Å². The molecule has 0 saturated heterocycles. The highest BCUT2D eigenvalue weighted by molar-refractivity contribution is 7.90. The summed E-state index contributed by atoms with van der Waals surface area (Å²) in [6.07, 6.45) is 0. The predicted octanol–water partition coefficient (Wildman–Crippen LogP) is 9.68. The molecule has 0 amide bonds. The Bertz CT molecular complexity index is 2480. The number of sulfone groups is 4. The van der Waals surface area contributed by atoms with Crippen LogP contribution in [0.2, 0.25) is 0 Å². The summed E-state index contributed by atoms with van der Waals surface area (Å²) in [5, 5.41) is 0. The van der Waals surface area contributed by atoms with Gasteiger partial charge in [0.2, 0.25) is 0 Å². The molecule has 0 spiro atoms. The topological polar surface area (TPSA) is 173 Å². The molecule has 0 unspecified atom stereocenters. The maximum absolute atomic E-state index is 14.6. The maximum Gasteiger partial charge on any atom is 0.158 e. The summed E-state index contributed by atoms with van der Waals surface area (Å²) in [7, 11) is -11.0. The van der Waals surface area contributed by atoms with Crippen LogP contribution < -0.4 is 18.9 Å². The van der Waals surface area contributed by atoms with Crippen molar-refractivity contribution in [1.29, 1.82) is 0 Å². The fraction of sp³-hybridized carbons (Fsp3) is 0.538. The molecular weight excluding hydrogens is 945 g/mol. The Hall–Kier alpha value is -4.12. The van der Waals surface area contributed by atoms with E-state index in [1.807, 2.05) is 83.1 Å². The van der Waals surface area contributed by atoms with Crippen molar-refractivity contribution >= 4 is 39.3 Å². The van der Waals surface area contributed by atoms with E-state index >= 15 is 0 Å². The van der Waals surface area contributed by atoms with Crippen LogP contribution in [0.25, 0.3) is 0 Å². The molecule has 0 radical (unpaired) electrons. The third-order valence-electron chi connectivity index (χ3n) is 12.3. The Morgan fingerprint density at radius 3 is 0.485 bits per heavy atom. The summed E-state index contributed by atoms with van der Waals surface area (Å²) in [4.78, 5) is 0. The number of methoxy groups -OCH3 is 4. The van der Waals surface area contributed by atoms with Gasteiger partial charge in [-0.3, -0.25) is 0 Å². The van der Waals surface area contributed by atoms with Gasteiger partial charge < -0.3 is 18.9 Å². The summed E-state index contributed by atoms with van der Waals surface area (Å²) in [6, 6.07) is 13.8. The molecule has 8 bridgehead atoms. The number of hydrogen-bond donors (Lipinski definition) is 0. The minimum absolute atomic E-state index is 0.109. The predicted molar refractivity (Wildman–Crippen MR) is 272 cm³/mol. The molecule has 0 N–H and O–H groups in total. The van der Waals surface area contributed by atoms with Crippen molar-refractivity contribution in [2.24, 2.45) is 0 Å². The zero-order chi connectivity index (χ0) is 51.4. The molecule has 376 valence electrons. The molecule has 1 heterocycles. The van der Waals surface area contributed by atoms with E-state index in [2.05, 4.69) is 0 Å². The Labute approximate surface area is 407 Å². The minimum atomic E-state index is -4.11. The monoisotopic (exact) mass is 1020 g/mol. The number of ether oxygens (including phenoxy) is 4. The molecular formula is C52H72O12S4. The lowest BCUT2D eigenvalue weighted by molar-refractivity contribution is 0.404. The van der Waals surface area contributed by atoms with Gasteiger partial charge in [-0.05, 0) is 43.9 Å². The van der Waals surface area contributed by atoms with Crippen LogP contribution in [0.5, 0.6) is 23.0 Å². The Kier molecular flexibility index (Phi) is 15.5. The van der Waals surface area contributed by atoms with Gasteiger partial charge in [-0.15, -0.1) is 0 Å². The first kappa shape index (κ1) is 54.8. The zero-order valence-electron chi connectivity index (χ0n) is 42.8. The lowest BCUT2D eigenvalue weighted by atomic mass is 9.85. The summed E-state index contributed by atoms with van der Waals surface area (Å²) in [6.45, 7) is 23.3. The molecule has 1 aliphatic rings. The smallest absolute Gasteiger partial charge is 0.158 e. The highest BCUT2D eigenvalue weighted by atomic mass is 32.2. The van der Waals surface area contributed by atoms with E-state index in [4.69, 9.17) is 18.9 Å². The molecule has 12 nitrogen and oxygen atoms in total. The van der Waals surface area contributed by atoms with Crippen LogP contribution in [0.4, 0.5) is 0 Å². The lowest BCUT2D eigenvalue weighted by Crippen LogP contribution is -2.19. The van der Waals surface area contributed by atoms with Gasteiger partial charge in [-0.2, -0.15) is 0 Å². The number of fused-ring (bicyclic) bond motifs is 8. The number of rotatable bonds is 4. The van der Waals surface area contributed by atoms with E-state index < -0.39 is 107 Å². The first-order valence-corrected chi connectivity index (χ1v) is 29.8. The average molecular weight is 1020 g/mol. The van der Waals surface area contributed by atoms with Gasteiger partial charge in [0.05, 0.1) is 74.5 Å². The van der Waals surface area contributed by atoms with Gasteiger partial charge in [-0.1, -0.05) is 132 Å². The van der Waals surface area contributed by atoms with Crippen LogP contribution in [0, 0.1) is 0 Å². The van der Waals surface area contributed by atoms with Crippen LogP contribution in [0.3, 0.4) is 0 Å². The van der Waals surface area contributed by atoms with Gasteiger partial charge in [0, 0.05) is 44.5 Å². The minimum Gasteiger partial charge on any atom is -0.496 e. The third-order valence-corrected chi connectivity index (χ3v) is 18.3. The molecule has 0 aliphatic carbocycles. The molecule has 16 heteroatoms. The largest absolute Gasteiger partial charge is 0.496 e. The summed E-state index contributed by atoms with van der Waals surface area (Å²) in [5.74, 6) is -3.83. The van der Waals surface area contributed by atoms with Crippen molar-refractivity contribution in [3.8, 4) is 23.0 Å². The fourth-order valence-electron chi connectivity index (χ4n) is 8.76. The molecule has 5 rings (SSSR count). The van der Waals surface area contributed by atoms with Crippen molar-refractivity contribution in [2.45, 2.75) is 151 Å². The van der Waals surface area contributed by atoms with Gasteiger partial charge in [0.1, 0.15) is 23.0 Å². The van der Waals surface area contributed by atoms with Gasteiger partial charge in [0.25, 0.3) is 0 Å². The molecule has 1 aliphatic heterocycles. The van der Waals surface area contributed by atoms with E-state index in [-0.39, 0.29) is 67.5 Å². The number of benzene rings is 4. The van der Waals surface area contributed by atoms with Crippen molar-refractivity contribution in [2.75, 3.05) is 28.4 Å². The van der Waals surface area contributed by atoms with E-state index in [1.165, 1.54) is 28.4 Å². The quantitative estimate of drug-likeness (QED) is 0.190. The fourth-order valence-corrected chi connectivity index (χ4v) is 14.7. The molecule has 4 aromatic carbocycles. The standard InChI is InChI=1S/C52H72O12S4/c1-49(2,3)41-17-33-25-65(53,54)27-35-19-42(50(4,5)6)21-37(46(35)62-14)29-67(57,58)31-39-23-44(52(10,11)12)24-40(48(39)64-16)32-68(59,60)30-38-22-43(51(7,8)9)20-36(47(38)63-15)28-66(55,56)26-34(18-41)45(33)61-13/h17-24H,25-32H2,1-16H3. The second kappa shape index (κ2) is 19.2. The van der Waals surface area contributed by atoms with E-state index in [9.17, 15) is 33.7 Å². The van der Waals surface area contributed by atoms with Crippen LogP contribution >= 0.6 is 0 Å². The second-order valence-electron chi connectivity index (χ2n) is 22.4. The summed E-state index contributed by atoms with van der Waals surface area (Å²) < 4.78 is 140. The van der Waals surface area contributed by atoms with Gasteiger partial charge in [-0.25, -0.2) is 33.7 Å². The highest BCUT2D eigenvalue weighted by Gasteiger charge is 2.33. The van der Waals surface area contributed by atoms with Crippen LogP contribution in [0.15, 0.2) is 48.5 Å². The maximum atomic E-state index is 14.6. The van der Waals surface area contributed by atoms with Crippen molar-refractivity contribution < 1.29 is 52.6 Å². The van der Waals surface area contributed by atoms with E-state index in [0.29, 0.717) is 22.3 Å².